The lowest BCUT2D eigenvalue weighted by atomic mass is 10.1. The van der Waals surface area contributed by atoms with Crippen LogP contribution < -0.4 is 10.2 Å². The molecule has 0 aliphatic rings. The Hall–Kier alpha value is -3.85. The van der Waals surface area contributed by atoms with Gasteiger partial charge in [0.25, 0.3) is 5.91 Å². The van der Waals surface area contributed by atoms with E-state index < -0.39 is 18.0 Å². The first-order valence-corrected chi connectivity index (χ1v) is 11.9. The fourth-order valence-electron chi connectivity index (χ4n) is 3.24. The summed E-state index contributed by atoms with van der Waals surface area (Å²) in [6, 6.07) is 15.3. The first kappa shape index (κ1) is 28.4. The Bertz CT molecular complexity index is 1000. The van der Waals surface area contributed by atoms with E-state index in [2.05, 4.69) is 10.1 Å². The molecule has 0 unspecified atom stereocenters. The van der Waals surface area contributed by atoms with Crippen molar-refractivity contribution in [3.8, 4) is 0 Å². The second kappa shape index (κ2) is 15.2. The van der Waals surface area contributed by atoms with Crippen LogP contribution in [0.4, 0.5) is 16.2 Å². The van der Waals surface area contributed by atoms with Crippen molar-refractivity contribution in [1.29, 1.82) is 0 Å². The molecule has 0 bridgehead atoms. The van der Waals surface area contributed by atoms with E-state index in [9.17, 15) is 19.6 Å². The van der Waals surface area contributed by atoms with Crippen molar-refractivity contribution in [2.24, 2.45) is 0 Å². The fourth-order valence-corrected chi connectivity index (χ4v) is 3.24. The summed E-state index contributed by atoms with van der Waals surface area (Å²) in [5, 5.41) is 13.1. The van der Waals surface area contributed by atoms with Crippen molar-refractivity contribution in [2.45, 2.75) is 39.2 Å². The van der Waals surface area contributed by atoms with Crippen LogP contribution in [0.5, 0.6) is 0 Å². The van der Waals surface area contributed by atoms with Crippen LogP contribution in [0.3, 0.4) is 0 Å². The van der Waals surface area contributed by atoms with Crippen molar-refractivity contribution in [3.05, 3.63) is 71.8 Å². The molecule has 0 fully saturated rings. The van der Waals surface area contributed by atoms with E-state index in [-0.39, 0.29) is 19.8 Å². The first-order chi connectivity index (χ1) is 17.3. The van der Waals surface area contributed by atoms with Crippen LogP contribution in [0, 0.1) is 0 Å². The van der Waals surface area contributed by atoms with Gasteiger partial charge in [0.2, 0.25) is 0 Å². The van der Waals surface area contributed by atoms with Crippen molar-refractivity contribution < 1.29 is 29.1 Å². The van der Waals surface area contributed by atoms with E-state index >= 15 is 0 Å². The van der Waals surface area contributed by atoms with Gasteiger partial charge >= 0.3 is 12.1 Å². The molecule has 194 valence electrons. The van der Waals surface area contributed by atoms with E-state index in [0.717, 1.165) is 48.2 Å². The quantitative estimate of drug-likeness (QED) is 0.137. The van der Waals surface area contributed by atoms with E-state index in [1.165, 1.54) is 0 Å². The average molecular weight is 498 g/mol. The van der Waals surface area contributed by atoms with Gasteiger partial charge in [-0.1, -0.05) is 30.7 Å². The molecule has 9 nitrogen and oxygen atoms in total. The lowest BCUT2D eigenvalue weighted by Gasteiger charge is -2.13. The number of carbonyl (C=O) groups is 3. The Kier molecular flexibility index (Phi) is 12.0. The normalized spacial score (nSPS) is 10.7. The fraction of sp³-hybridized carbons (Fsp3) is 0.370. The van der Waals surface area contributed by atoms with Crippen molar-refractivity contribution in [1.82, 2.24) is 5.06 Å². The van der Waals surface area contributed by atoms with E-state index in [1.807, 2.05) is 67.5 Å². The van der Waals surface area contributed by atoms with Gasteiger partial charge in [-0.15, -0.1) is 0 Å². The molecule has 9 heteroatoms. The summed E-state index contributed by atoms with van der Waals surface area (Å²) in [5.74, 6) is -1.28. The average Bonchev–Trinajstić information content (AvgIpc) is 2.87. The minimum absolute atomic E-state index is 0.173. The maximum atomic E-state index is 12.0. The number of hydrogen-bond donors (Lipinski definition) is 2. The van der Waals surface area contributed by atoms with Crippen molar-refractivity contribution in [3.63, 3.8) is 0 Å². The Morgan fingerprint density at radius 3 is 2.19 bits per heavy atom. The zero-order valence-corrected chi connectivity index (χ0v) is 21.1. The molecule has 2 aromatic rings. The first-order valence-electron chi connectivity index (χ1n) is 11.9. The molecule has 0 radical (unpaired) electrons. The Balaban J connectivity index is 1.63. The summed E-state index contributed by atoms with van der Waals surface area (Å²) in [5.41, 5.74) is 3.75. The smallest absolute Gasteiger partial charge is 0.411 e. The van der Waals surface area contributed by atoms with E-state index in [0.29, 0.717) is 17.2 Å². The number of benzene rings is 2. The zero-order valence-electron chi connectivity index (χ0n) is 21.1. The third-order valence-corrected chi connectivity index (χ3v) is 5.26. The van der Waals surface area contributed by atoms with Gasteiger partial charge in [-0.05, 0) is 61.6 Å². The highest BCUT2D eigenvalue weighted by Gasteiger charge is 2.08. The third kappa shape index (κ3) is 10.6. The summed E-state index contributed by atoms with van der Waals surface area (Å²) in [4.78, 5) is 37.0. The second-order valence-electron chi connectivity index (χ2n) is 8.32. The van der Waals surface area contributed by atoms with Crippen LogP contribution >= 0.6 is 0 Å². The number of carbonyl (C=O) groups excluding carboxylic acids is 3. The van der Waals surface area contributed by atoms with Crippen LogP contribution in [0.2, 0.25) is 0 Å². The molecule has 0 aromatic heterocycles. The Labute approximate surface area is 212 Å². The van der Waals surface area contributed by atoms with Crippen LogP contribution in [0.1, 0.15) is 37.3 Å². The molecule has 0 spiro atoms. The molecule has 0 heterocycles. The largest absolute Gasteiger partial charge is 0.463 e. The molecular formula is C27H35N3O6. The Morgan fingerprint density at radius 1 is 0.889 bits per heavy atom. The van der Waals surface area contributed by atoms with Gasteiger partial charge in [0, 0.05) is 44.2 Å². The number of nitrogens with zero attached hydrogens (tertiary/aromatic N) is 2. The van der Waals surface area contributed by atoms with Gasteiger partial charge in [0.1, 0.15) is 6.61 Å². The van der Waals surface area contributed by atoms with Crippen molar-refractivity contribution in [2.75, 3.05) is 37.5 Å². The number of hydrogen-bond acceptors (Lipinski definition) is 7. The summed E-state index contributed by atoms with van der Waals surface area (Å²) in [7, 11) is 3.90. The SMILES string of the molecule is CCOC(=O)/C=C/C(=O)N(O)CCCCCc1ccc(COC(=O)Nc2ccc(N(C)C)cc2)cc1. The predicted molar refractivity (Wildman–Crippen MR) is 138 cm³/mol. The summed E-state index contributed by atoms with van der Waals surface area (Å²) >= 11 is 0. The number of nitrogens with one attached hydrogen (secondary N) is 1. The highest BCUT2D eigenvalue weighted by atomic mass is 16.5. The topological polar surface area (TPSA) is 108 Å². The van der Waals surface area contributed by atoms with E-state index in [1.54, 1.807) is 6.92 Å². The number of amides is 2. The highest BCUT2D eigenvalue weighted by Crippen LogP contribution is 2.16. The molecular weight excluding hydrogens is 462 g/mol. The molecule has 36 heavy (non-hydrogen) atoms. The van der Waals surface area contributed by atoms with Gasteiger partial charge < -0.3 is 14.4 Å². The molecule has 2 aromatic carbocycles. The van der Waals surface area contributed by atoms with Crippen LogP contribution in [-0.2, 0) is 32.1 Å². The third-order valence-electron chi connectivity index (χ3n) is 5.26. The van der Waals surface area contributed by atoms with Crippen LogP contribution in [-0.4, -0.2) is 55.5 Å². The maximum absolute atomic E-state index is 12.0. The zero-order chi connectivity index (χ0) is 26.3. The number of anilines is 2. The van der Waals surface area contributed by atoms with E-state index in [4.69, 9.17) is 4.74 Å². The molecule has 2 amide bonds. The lowest BCUT2D eigenvalue weighted by Crippen LogP contribution is -2.26. The van der Waals surface area contributed by atoms with Crippen LogP contribution in [0.15, 0.2) is 60.7 Å². The number of unbranched alkanes of at least 4 members (excludes halogenated alkanes) is 2. The monoisotopic (exact) mass is 497 g/mol. The number of esters is 1. The van der Waals surface area contributed by atoms with Gasteiger partial charge in [0.05, 0.1) is 6.61 Å². The van der Waals surface area contributed by atoms with Gasteiger partial charge in [0.15, 0.2) is 0 Å². The molecule has 2 rings (SSSR count). The van der Waals surface area contributed by atoms with Gasteiger partial charge in [-0.2, -0.15) is 0 Å². The van der Waals surface area contributed by atoms with Gasteiger partial charge in [-0.25, -0.2) is 14.7 Å². The standard InChI is InChI=1S/C27H35N3O6/c1-4-35-26(32)18-17-25(31)30(34)19-7-5-6-8-21-9-11-22(12-10-21)20-36-27(33)28-23-13-15-24(16-14-23)29(2)3/h9-18,34H,4-8,19-20H2,1-3H3,(H,28,33)/b18-17+. The molecule has 0 aliphatic carbocycles. The van der Waals surface area contributed by atoms with Gasteiger partial charge in [-0.3, -0.25) is 15.3 Å². The summed E-state index contributed by atoms with van der Waals surface area (Å²) in [6.07, 6.45) is 4.69. The lowest BCUT2D eigenvalue weighted by molar-refractivity contribution is -0.159. The number of rotatable bonds is 13. The molecule has 0 atom stereocenters. The molecule has 0 saturated heterocycles. The minimum Gasteiger partial charge on any atom is -0.463 e. The number of aryl methyl sites for hydroxylation is 1. The number of hydroxylamine groups is 2. The highest BCUT2D eigenvalue weighted by molar-refractivity contribution is 5.94. The van der Waals surface area contributed by atoms with Crippen LogP contribution in [0.25, 0.3) is 0 Å². The molecule has 0 aliphatic heterocycles. The van der Waals surface area contributed by atoms with Crippen molar-refractivity contribution >= 4 is 29.3 Å². The minimum atomic E-state index is -0.656. The molecule has 0 saturated carbocycles. The Morgan fingerprint density at radius 2 is 1.56 bits per heavy atom. The summed E-state index contributed by atoms with van der Waals surface area (Å²) in [6.45, 7) is 2.25. The summed E-state index contributed by atoms with van der Waals surface area (Å²) < 4.78 is 9.99. The predicted octanol–water partition coefficient (Wildman–Crippen LogP) is 4.55. The second-order valence-corrected chi connectivity index (χ2v) is 8.32. The molecule has 2 N–H and O–H groups in total. The number of ether oxygens (including phenoxy) is 2. The maximum Gasteiger partial charge on any atom is 0.411 e.